The lowest BCUT2D eigenvalue weighted by atomic mass is 10.2. The number of hydrogen-bond acceptors (Lipinski definition) is 6. The van der Waals surface area contributed by atoms with E-state index < -0.39 is 0 Å². The van der Waals surface area contributed by atoms with Gasteiger partial charge in [0.05, 0.1) is 18.7 Å². The van der Waals surface area contributed by atoms with Gasteiger partial charge in [-0.05, 0) is 37.1 Å². The molecule has 2 aromatic heterocycles. The van der Waals surface area contributed by atoms with Gasteiger partial charge in [0.1, 0.15) is 0 Å². The van der Waals surface area contributed by atoms with E-state index >= 15 is 0 Å². The molecular formula is C19H20ClN3O3S. The van der Waals surface area contributed by atoms with Crippen LogP contribution in [0.1, 0.15) is 36.0 Å². The molecule has 6 nitrogen and oxygen atoms in total. The van der Waals surface area contributed by atoms with Crippen LogP contribution in [0.15, 0.2) is 29.1 Å². The van der Waals surface area contributed by atoms with Crippen molar-refractivity contribution in [1.82, 2.24) is 14.6 Å². The van der Waals surface area contributed by atoms with E-state index in [0.29, 0.717) is 38.8 Å². The monoisotopic (exact) mass is 405 g/mol. The average Bonchev–Trinajstić information content (AvgIpc) is 3.07. The van der Waals surface area contributed by atoms with Gasteiger partial charge in [-0.2, -0.15) is 9.61 Å². The SMILES string of the molecule is CCCCOc1ccc(/C=C(\Cl)c2nn3c(=O)cc(C)nc3s2)cc1OC. The van der Waals surface area contributed by atoms with Crippen molar-refractivity contribution in [2.45, 2.75) is 26.7 Å². The second kappa shape index (κ2) is 8.54. The highest BCUT2D eigenvalue weighted by molar-refractivity contribution is 7.18. The summed E-state index contributed by atoms with van der Waals surface area (Å²) < 4.78 is 12.4. The summed E-state index contributed by atoms with van der Waals surface area (Å²) in [7, 11) is 1.60. The Balaban J connectivity index is 1.89. The molecule has 0 fully saturated rings. The second-order valence-electron chi connectivity index (χ2n) is 5.94. The fourth-order valence-corrected chi connectivity index (χ4v) is 3.58. The zero-order valence-electron chi connectivity index (χ0n) is 15.4. The number of fused-ring (bicyclic) bond motifs is 1. The minimum Gasteiger partial charge on any atom is -0.493 e. The zero-order valence-corrected chi connectivity index (χ0v) is 16.9. The van der Waals surface area contributed by atoms with E-state index in [0.717, 1.165) is 18.4 Å². The fourth-order valence-electron chi connectivity index (χ4n) is 2.44. The van der Waals surface area contributed by atoms with Crippen LogP contribution in [0.25, 0.3) is 16.1 Å². The summed E-state index contributed by atoms with van der Waals surface area (Å²) in [6, 6.07) is 7.05. The third-order valence-corrected chi connectivity index (χ3v) is 5.16. The smallest absolute Gasteiger partial charge is 0.275 e. The number of aryl methyl sites for hydroxylation is 1. The molecule has 0 spiro atoms. The molecule has 0 bridgehead atoms. The van der Waals surface area contributed by atoms with Crippen molar-refractivity contribution >= 4 is 39.0 Å². The molecule has 142 valence electrons. The highest BCUT2D eigenvalue weighted by atomic mass is 35.5. The molecule has 0 aliphatic heterocycles. The van der Waals surface area contributed by atoms with E-state index in [9.17, 15) is 4.79 Å². The second-order valence-corrected chi connectivity index (χ2v) is 7.31. The van der Waals surface area contributed by atoms with Crippen molar-refractivity contribution in [3.8, 4) is 11.5 Å². The molecule has 1 aromatic carbocycles. The first kappa shape index (κ1) is 19.4. The molecule has 0 atom stereocenters. The Kier molecular flexibility index (Phi) is 6.13. The number of aromatic nitrogens is 3. The number of benzene rings is 1. The summed E-state index contributed by atoms with van der Waals surface area (Å²) in [5.74, 6) is 1.34. The summed E-state index contributed by atoms with van der Waals surface area (Å²) in [5, 5.41) is 5.21. The minimum atomic E-state index is -0.222. The maximum Gasteiger partial charge on any atom is 0.275 e. The molecule has 0 radical (unpaired) electrons. The first-order valence-corrected chi connectivity index (χ1v) is 9.77. The third kappa shape index (κ3) is 4.48. The molecular weight excluding hydrogens is 386 g/mol. The lowest BCUT2D eigenvalue weighted by Crippen LogP contribution is -2.14. The van der Waals surface area contributed by atoms with Crippen LogP contribution in [0.2, 0.25) is 0 Å². The molecule has 0 amide bonds. The molecule has 0 aliphatic rings. The van der Waals surface area contributed by atoms with Crippen LogP contribution in [0.4, 0.5) is 0 Å². The fraction of sp³-hybridized carbons (Fsp3) is 0.316. The standard InChI is InChI=1S/C19H20ClN3O3S/c1-4-5-8-26-15-7-6-13(11-16(15)25-3)10-14(20)18-22-23-17(24)9-12(2)21-19(23)27-18/h6-7,9-11H,4-5,8H2,1-3H3/b14-10-. The van der Waals surface area contributed by atoms with Gasteiger partial charge >= 0.3 is 0 Å². The van der Waals surface area contributed by atoms with E-state index in [1.54, 1.807) is 20.1 Å². The molecule has 3 aromatic rings. The van der Waals surface area contributed by atoms with Crippen molar-refractivity contribution in [2.24, 2.45) is 0 Å². The Morgan fingerprint density at radius 1 is 1.33 bits per heavy atom. The zero-order chi connectivity index (χ0) is 19.4. The maximum atomic E-state index is 12.0. The number of halogens is 1. The number of rotatable bonds is 7. The molecule has 0 saturated heterocycles. The predicted molar refractivity (Wildman–Crippen MR) is 109 cm³/mol. The summed E-state index contributed by atoms with van der Waals surface area (Å²) in [5.41, 5.74) is 1.27. The number of methoxy groups -OCH3 is 1. The van der Waals surface area contributed by atoms with Gasteiger partial charge in [-0.1, -0.05) is 42.3 Å². The van der Waals surface area contributed by atoms with Crippen molar-refractivity contribution < 1.29 is 9.47 Å². The van der Waals surface area contributed by atoms with Crippen LogP contribution >= 0.6 is 22.9 Å². The van der Waals surface area contributed by atoms with E-state index in [2.05, 4.69) is 17.0 Å². The number of hydrogen-bond donors (Lipinski definition) is 0. The summed E-state index contributed by atoms with van der Waals surface area (Å²) in [6.45, 7) is 4.54. The Morgan fingerprint density at radius 2 is 2.15 bits per heavy atom. The van der Waals surface area contributed by atoms with Gasteiger partial charge in [-0.25, -0.2) is 4.98 Å². The number of ether oxygens (including phenoxy) is 2. The van der Waals surface area contributed by atoms with Gasteiger partial charge in [-0.3, -0.25) is 4.79 Å². The van der Waals surface area contributed by atoms with Crippen LogP contribution in [0.3, 0.4) is 0 Å². The van der Waals surface area contributed by atoms with Crippen LogP contribution < -0.4 is 15.0 Å². The molecule has 2 heterocycles. The Bertz CT molecular complexity index is 1040. The molecule has 0 N–H and O–H groups in total. The Morgan fingerprint density at radius 3 is 2.89 bits per heavy atom. The van der Waals surface area contributed by atoms with Gasteiger partial charge in [0, 0.05) is 11.8 Å². The van der Waals surface area contributed by atoms with Gasteiger partial charge in [0.25, 0.3) is 5.56 Å². The van der Waals surface area contributed by atoms with Crippen LogP contribution in [0, 0.1) is 6.92 Å². The molecule has 0 unspecified atom stereocenters. The molecule has 8 heteroatoms. The van der Waals surface area contributed by atoms with E-state index in [-0.39, 0.29) is 5.56 Å². The normalized spacial score (nSPS) is 11.8. The lowest BCUT2D eigenvalue weighted by molar-refractivity contribution is 0.288. The van der Waals surface area contributed by atoms with E-state index in [1.807, 2.05) is 18.2 Å². The van der Waals surface area contributed by atoms with Crippen molar-refractivity contribution in [2.75, 3.05) is 13.7 Å². The average molecular weight is 406 g/mol. The predicted octanol–water partition coefficient (Wildman–Crippen LogP) is 4.38. The van der Waals surface area contributed by atoms with Crippen molar-refractivity contribution in [1.29, 1.82) is 0 Å². The number of nitrogens with zero attached hydrogens (tertiary/aromatic N) is 3. The Labute approximate surface area is 166 Å². The lowest BCUT2D eigenvalue weighted by Gasteiger charge is -2.11. The first-order chi connectivity index (χ1) is 13.0. The Hall–Kier alpha value is -2.38. The topological polar surface area (TPSA) is 65.7 Å². The van der Waals surface area contributed by atoms with Gasteiger partial charge in [0.2, 0.25) is 4.96 Å². The minimum absolute atomic E-state index is 0.222. The van der Waals surface area contributed by atoms with Gasteiger partial charge in [0.15, 0.2) is 16.5 Å². The van der Waals surface area contributed by atoms with E-state index in [4.69, 9.17) is 21.1 Å². The van der Waals surface area contributed by atoms with Crippen LogP contribution in [-0.4, -0.2) is 28.3 Å². The third-order valence-electron chi connectivity index (χ3n) is 3.81. The quantitative estimate of drug-likeness (QED) is 0.545. The van der Waals surface area contributed by atoms with Crippen LogP contribution in [0.5, 0.6) is 11.5 Å². The summed E-state index contributed by atoms with van der Waals surface area (Å²) in [6.07, 6.45) is 3.83. The van der Waals surface area contributed by atoms with Gasteiger partial charge in [-0.15, -0.1) is 0 Å². The van der Waals surface area contributed by atoms with E-state index in [1.165, 1.54) is 21.9 Å². The van der Waals surface area contributed by atoms with Gasteiger partial charge < -0.3 is 9.47 Å². The molecule has 0 saturated carbocycles. The van der Waals surface area contributed by atoms with Crippen molar-refractivity contribution in [3.63, 3.8) is 0 Å². The first-order valence-electron chi connectivity index (χ1n) is 8.57. The largest absolute Gasteiger partial charge is 0.493 e. The van der Waals surface area contributed by atoms with Crippen LogP contribution in [-0.2, 0) is 0 Å². The van der Waals surface area contributed by atoms with Crippen molar-refractivity contribution in [3.05, 3.63) is 50.9 Å². The molecule has 3 rings (SSSR count). The highest BCUT2D eigenvalue weighted by Gasteiger charge is 2.11. The summed E-state index contributed by atoms with van der Waals surface area (Å²) in [4.78, 5) is 16.8. The summed E-state index contributed by atoms with van der Waals surface area (Å²) >= 11 is 7.70. The molecule has 27 heavy (non-hydrogen) atoms. The highest BCUT2D eigenvalue weighted by Crippen LogP contribution is 2.31. The maximum absolute atomic E-state index is 12.0. The molecule has 0 aliphatic carbocycles. The number of unbranched alkanes of at least 4 members (excludes halogenated alkanes) is 1.